The number of ether oxygens (including phenoxy) is 2. The van der Waals surface area contributed by atoms with Crippen molar-refractivity contribution in [2.75, 3.05) is 19.0 Å². The number of thiophene rings is 1. The number of anilines is 1. The molecule has 0 spiro atoms. The molecule has 180 valence electrons. The van der Waals surface area contributed by atoms with E-state index in [0.717, 1.165) is 15.3 Å². The van der Waals surface area contributed by atoms with Crippen molar-refractivity contribution in [2.24, 2.45) is 0 Å². The van der Waals surface area contributed by atoms with Gasteiger partial charge in [-0.2, -0.15) is 0 Å². The molecule has 0 saturated heterocycles. The van der Waals surface area contributed by atoms with Crippen LogP contribution in [0.3, 0.4) is 0 Å². The quantitative estimate of drug-likeness (QED) is 0.384. The van der Waals surface area contributed by atoms with Crippen molar-refractivity contribution in [1.29, 1.82) is 0 Å². The van der Waals surface area contributed by atoms with Crippen molar-refractivity contribution >= 4 is 40.0 Å². The lowest BCUT2D eigenvalue weighted by molar-refractivity contribution is -0.119. The number of fused-ring (bicyclic) bond motifs is 1. The number of amides is 3. The van der Waals surface area contributed by atoms with Gasteiger partial charge in [-0.3, -0.25) is 19.3 Å². The summed E-state index contributed by atoms with van der Waals surface area (Å²) in [6.45, 7) is 5.74. The molecular formula is C26H24N2O6S. The Bertz CT molecular complexity index is 1290. The van der Waals surface area contributed by atoms with Crippen LogP contribution in [0.25, 0.3) is 11.1 Å². The van der Waals surface area contributed by atoms with E-state index in [2.05, 4.69) is 5.32 Å². The van der Waals surface area contributed by atoms with Gasteiger partial charge in [0, 0.05) is 10.4 Å². The summed E-state index contributed by atoms with van der Waals surface area (Å²) < 4.78 is 10.5. The van der Waals surface area contributed by atoms with Crippen LogP contribution in [0.2, 0.25) is 0 Å². The zero-order valence-corrected chi connectivity index (χ0v) is 20.5. The lowest BCUT2D eigenvalue weighted by Gasteiger charge is -2.21. The molecule has 0 radical (unpaired) electrons. The second kappa shape index (κ2) is 9.71. The van der Waals surface area contributed by atoms with E-state index in [0.29, 0.717) is 17.9 Å². The molecule has 0 saturated carbocycles. The van der Waals surface area contributed by atoms with Gasteiger partial charge in [0.2, 0.25) is 5.91 Å². The van der Waals surface area contributed by atoms with Gasteiger partial charge in [0.1, 0.15) is 22.4 Å². The molecule has 8 nitrogen and oxygen atoms in total. The normalized spacial score (nSPS) is 13.4. The second-order valence-corrected chi connectivity index (χ2v) is 9.10. The van der Waals surface area contributed by atoms with E-state index in [1.165, 1.54) is 25.4 Å². The maximum absolute atomic E-state index is 13.2. The number of carbonyl (C=O) groups is 4. The van der Waals surface area contributed by atoms with Gasteiger partial charge in [-0.05, 0) is 50.6 Å². The van der Waals surface area contributed by atoms with Crippen molar-refractivity contribution in [3.63, 3.8) is 0 Å². The van der Waals surface area contributed by atoms with Gasteiger partial charge >= 0.3 is 5.97 Å². The van der Waals surface area contributed by atoms with Crippen LogP contribution in [0.5, 0.6) is 5.75 Å². The minimum absolute atomic E-state index is 0.210. The predicted octanol–water partition coefficient (Wildman–Crippen LogP) is 4.53. The first-order valence-electron chi connectivity index (χ1n) is 11.0. The SMILES string of the molecule is CCOc1ccc(-c2c(C)sc(NC(=O)C(C)N3C(=O)c4ccccc4C3=O)c2C(=O)OC)cc1. The topological polar surface area (TPSA) is 102 Å². The molecule has 1 unspecified atom stereocenters. The van der Waals surface area contributed by atoms with Gasteiger partial charge in [0.05, 0.1) is 24.8 Å². The molecule has 1 atom stereocenters. The zero-order chi connectivity index (χ0) is 25.3. The van der Waals surface area contributed by atoms with Crippen LogP contribution < -0.4 is 10.1 Å². The molecule has 2 heterocycles. The molecule has 3 amide bonds. The van der Waals surface area contributed by atoms with E-state index < -0.39 is 29.7 Å². The van der Waals surface area contributed by atoms with E-state index in [1.54, 1.807) is 36.4 Å². The first kappa shape index (κ1) is 24.2. The van der Waals surface area contributed by atoms with Gasteiger partial charge in [-0.15, -0.1) is 11.3 Å². The molecule has 1 aliphatic rings. The van der Waals surface area contributed by atoms with Gasteiger partial charge in [-0.1, -0.05) is 24.3 Å². The lowest BCUT2D eigenvalue weighted by Crippen LogP contribution is -2.45. The molecule has 35 heavy (non-hydrogen) atoms. The Morgan fingerprint density at radius 1 is 1.03 bits per heavy atom. The molecule has 0 fully saturated rings. The van der Waals surface area contributed by atoms with Crippen LogP contribution >= 0.6 is 11.3 Å². The van der Waals surface area contributed by atoms with E-state index >= 15 is 0 Å². The maximum Gasteiger partial charge on any atom is 0.341 e. The van der Waals surface area contributed by atoms with Crippen LogP contribution in [-0.4, -0.2) is 48.3 Å². The molecule has 3 aromatic rings. The number of aryl methyl sites for hydroxylation is 1. The van der Waals surface area contributed by atoms with Crippen molar-refractivity contribution in [2.45, 2.75) is 26.8 Å². The number of hydrogen-bond acceptors (Lipinski definition) is 7. The van der Waals surface area contributed by atoms with Crippen molar-refractivity contribution < 1.29 is 28.7 Å². The third-order valence-electron chi connectivity index (χ3n) is 5.76. The number of carbonyl (C=O) groups excluding carboxylic acids is 4. The number of hydrogen-bond donors (Lipinski definition) is 1. The number of rotatable bonds is 7. The number of esters is 1. The Morgan fingerprint density at radius 3 is 2.17 bits per heavy atom. The first-order chi connectivity index (χ1) is 16.8. The highest BCUT2D eigenvalue weighted by atomic mass is 32.1. The van der Waals surface area contributed by atoms with Gasteiger partial charge in [0.25, 0.3) is 11.8 Å². The largest absolute Gasteiger partial charge is 0.494 e. The third kappa shape index (κ3) is 4.30. The molecule has 1 aromatic heterocycles. The molecule has 0 bridgehead atoms. The molecule has 0 aliphatic carbocycles. The van der Waals surface area contributed by atoms with E-state index in [9.17, 15) is 19.2 Å². The highest BCUT2D eigenvalue weighted by Gasteiger charge is 2.41. The third-order valence-corrected chi connectivity index (χ3v) is 6.78. The summed E-state index contributed by atoms with van der Waals surface area (Å²) >= 11 is 1.22. The summed E-state index contributed by atoms with van der Waals surface area (Å²) in [6.07, 6.45) is 0. The Hall–Kier alpha value is -3.98. The van der Waals surface area contributed by atoms with E-state index in [1.807, 2.05) is 26.0 Å². The van der Waals surface area contributed by atoms with E-state index in [-0.39, 0.29) is 21.7 Å². The highest BCUT2D eigenvalue weighted by molar-refractivity contribution is 7.17. The standard InChI is InChI=1S/C26H24N2O6S/c1-5-34-17-12-10-16(11-13-17)20-15(3)35-23(21(20)26(32)33-4)27-22(29)14(2)28-24(30)18-8-6-7-9-19(18)25(28)31/h6-14H,5H2,1-4H3,(H,27,29). The number of benzene rings is 2. The van der Waals surface area contributed by atoms with Crippen LogP contribution in [-0.2, 0) is 9.53 Å². The summed E-state index contributed by atoms with van der Waals surface area (Å²) in [6, 6.07) is 12.6. The molecule has 1 N–H and O–H groups in total. The van der Waals surface area contributed by atoms with Crippen LogP contribution in [0.1, 0.15) is 49.8 Å². The molecule has 9 heteroatoms. The Morgan fingerprint density at radius 2 is 1.63 bits per heavy atom. The maximum atomic E-state index is 13.2. The molecule has 1 aliphatic heterocycles. The summed E-state index contributed by atoms with van der Waals surface area (Å²) in [5.74, 6) is -1.56. The highest BCUT2D eigenvalue weighted by Crippen LogP contribution is 2.41. The van der Waals surface area contributed by atoms with E-state index in [4.69, 9.17) is 9.47 Å². The minimum atomic E-state index is -1.09. The Labute approximate surface area is 206 Å². The average Bonchev–Trinajstić information content (AvgIpc) is 3.31. The fourth-order valence-electron chi connectivity index (χ4n) is 4.05. The van der Waals surface area contributed by atoms with Crippen molar-refractivity contribution in [1.82, 2.24) is 4.90 Å². The van der Waals surface area contributed by atoms with Crippen molar-refractivity contribution in [3.8, 4) is 16.9 Å². The van der Waals surface area contributed by atoms with Gasteiger partial charge in [0.15, 0.2) is 0 Å². The Kier molecular flexibility index (Phi) is 6.70. The van der Waals surface area contributed by atoms with Gasteiger partial charge < -0.3 is 14.8 Å². The van der Waals surface area contributed by atoms with Crippen LogP contribution in [0, 0.1) is 6.92 Å². The summed E-state index contributed by atoms with van der Waals surface area (Å²) in [7, 11) is 1.27. The molecular weight excluding hydrogens is 468 g/mol. The molecule has 4 rings (SSSR count). The zero-order valence-electron chi connectivity index (χ0n) is 19.7. The number of nitrogens with zero attached hydrogens (tertiary/aromatic N) is 1. The van der Waals surface area contributed by atoms with Crippen molar-refractivity contribution in [3.05, 3.63) is 70.1 Å². The number of methoxy groups -OCH3 is 1. The minimum Gasteiger partial charge on any atom is -0.494 e. The molecule has 2 aromatic carbocycles. The second-order valence-electron chi connectivity index (χ2n) is 7.88. The number of imide groups is 1. The van der Waals surface area contributed by atoms with Crippen LogP contribution in [0.4, 0.5) is 5.00 Å². The fraction of sp³-hybridized carbons (Fsp3) is 0.231. The van der Waals surface area contributed by atoms with Crippen LogP contribution in [0.15, 0.2) is 48.5 Å². The summed E-state index contributed by atoms with van der Waals surface area (Å²) in [5, 5.41) is 3.02. The Balaban J connectivity index is 1.65. The smallest absolute Gasteiger partial charge is 0.341 e. The summed E-state index contributed by atoms with van der Waals surface area (Å²) in [4.78, 5) is 53.2. The average molecular weight is 493 g/mol. The predicted molar refractivity (Wildman–Crippen MR) is 132 cm³/mol. The fourth-order valence-corrected chi connectivity index (χ4v) is 5.12. The lowest BCUT2D eigenvalue weighted by atomic mass is 10.0. The van der Waals surface area contributed by atoms with Gasteiger partial charge in [-0.25, -0.2) is 4.79 Å². The number of nitrogens with one attached hydrogen (secondary N) is 1. The first-order valence-corrected chi connectivity index (χ1v) is 11.8. The monoisotopic (exact) mass is 492 g/mol. The summed E-state index contributed by atoms with van der Waals surface area (Å²) in [5.41, 5.74) is 2.13.